The molecule has 0 aromatic heterocycles. The van der Waals surface area contributed by atoms with Gasteiger partial charge in [0, 0.05) is 0 Å². The molecule has 22 heavy (non-hydrogen) atoms. The summed E-state index contributed by atoms with van der Waals surface area (Å²) in [6.45, 7) is 4.46. The molecule has 1 N–H and O–H groups in total. The first-order valence-electron chi connectivity index (χ1n) is 8.33. The third-order valence-corrected chi connectivity index (χ3v) is 9.59. The Morgan fingerprint density at radius 3 is 2.23 bits per heavy atom. The van der Waals surface area contributed by atoms with Gasteiger partial charge in [-0.3, -0.25) is 0 Å². The zero-order chi connectivity index (χ0) is 15.3. The summed E-state index contributed by atoms with van der Waals surface area (Å²) in [4.78, 5) is 14.3. The Kier molecular flexibility index (Phi) is 5.97. The Hall–Kier alpha value is -0.347. The van der Waals surface area contributed by atoms with E-state index in [1.165, 1.54) is 19.3 Å². The minimum atomic E-state index is -3.43. The van der Waals surface area contributed by atoms with E-state index >= 15 is 0 Å². The van der Waals surface area contributed by atoms with Crippen molar-refractivity contribution >= 4 is 20.4 Å². The van der Waals surface area contributed by atoms with E-state index in [2.05, 4.69) is 10.2 Å². The molecule has 7 nitrogen and oxygen atoms in total. The second-order valence-corrected chi connectivity index (χ2v) is 11.4. The number of alkyl carbamates (subject to hydrolysis) is 1. The Labute approximate surface area is 135 Å². The summed E-state index contributed by atoms with van der Waals surface area (Å²) in [6.07, 6.45) is 5.34. The molecule has 1 amide bonds. The van der Waals surface area contributed by atoms with Gasteiger partial charge in [0.2, 0.25) is 0 Å². The predicted octanol–water partition coefficient (Wildman–Crippen LogP) is 0.902. The molecule has 0 atom stereocenters. The fraction of sp³-hybridized carbons (Fsp3) is 0.929. The average molecular weight is 375 g/mol. The van der Waals surface area contributed by atoms with E-state index in [1.54, 1.807) is 0 Å². The van der Waals surface area contributed by atoms with Crippen LogP contribution in [0.25, 0.3) is 0 Å². The standard InChI is InChI=1S/C14H26GeN2O5/c18-14(16-13-4-2-1-3-5-13)19-12-15-20-9-6-17(7-10-21-15)8-11-22-15/h13H,1-12H2,(H,16,18). The van der Waals surface area contributed by atoms with Crippen LogP contribution in [0, 0.1) is 0 Å². The van der Waals surface area contributed by atoms with Gasteiger partial charge < -0.3 is 0 Å². The second-order valence-electron chi connectivity index (χ2n) is 6.13. The molecule has 1 aliphatic carbocycles. The summed E-state index contributed by atoms with van der Waals surface area (Å²) in [5.74, 6) is 0. The zero-order valence-electron chi connectivity index (χ0n) is 13.1. The Morgan fingerprint density at radius 2 is 1.64 bits per heavy atom. The molecule has 4 fully saturated rings. The maximum absolute atomic E-state index is 12.0. The van der Waals surface area contributed by atoms with Gasteiger partial charge in [0.05, 0.1) is 0 Å². The molecule has 0 spiro atoms. The molecule has 0 unspecified atom stereocenters. The average Bonchev–Trinajstić information content (AvgIpc) is 2.46. The van der Waals surface area contributed by atoms with Crippen molar-refractivity contribution in [2.75, 3.05) is 44.9 Å². The van der Waals surface area contributed by atoms with Gasteiger partial charge in [-0.1, -0.05) is 0 Å². The molecular formula is C14H26GeN2O5. The van der Waals surface area contributed by atoms with Gasteiger partial charge in [-0.25, -0.2) is 0 Å². The van der Waals surface area contributed by atoms with Crippen molar-refractivity contribution in [1.82, 2.24) is 10.2 Å². The van der Waals surface area contributed by atoms with Crippen molar-refractivity contribution in [3.05, 3.63) is 0 Å². The number of carbonyl (C=O) groups is 1. The van der Waals surface area contributed by atoms with Gasteiger partial charge in [0.15, 0.2) is 0 Å². The van der Waals surface area contributed by atoms with E-state index in [9.17, 15) is 4.79 Å². The van der Waals surface area contributed by atoms with Crippen LogP contribution in [0.4, 0.5) is 4.79 Å². The molecule has 0 radical (unpaired) electrons. The number of nitrogens with one attached hydrogen (secondary N) is 1. The molecule has 3 saturated heterocycles. The van der Waals surface area contributed by atoms with Crippen LogP contribution in [-0.4, -0.2) is 76.2 Å². The van der Waals surface area contributed by atoms with Crippen molar-refractivity contribution in [3.63, 3.8) is 0 Å². The normalized spacial score (nSPS) is 33.5. The Morgan fingerprint density at radius 1 is 1.05 bits per heavy atom. The molecule has 1 saturated carbocycles. The first-order chi connectivity index (χ1) is 10.8. The number of nitrogens with zero attached hydrogens (tertiary/aromatic N) is 1. The summed E-state index contributed by atoms with van der Waals surface area (Å²) in [7, 11) is 0. The molecule has 2 bridgehead atoms. The summed E-state index contributed by atoms with van der Waals surface area (Å²) in [6, 6.07) is 0.247. The summed E-state index contributed by atoms with van der Waals surface area (Å²) in [5.41, 5.74) is 0.151. The molecule has 8 heteroatoms. The first kappa shape index (κ1) is 16.5. The SMILES string of the molecule is O=C(NC1CCCCC1)O[CH2][Ge]12[O]CCN(CC[O]1)CC[O]2. The fourth-order valence-corrected chi connectivity index (χ4v) is 7.41. The number of hydrogen-bond acceptors (Lipinski definition) is 6. The predicted molar refractivity (Wildman–Crippen MR) is 81.4 cm³/mol. The van der Waals surface area contributed by atoms with Crippen molar-refractivity contribution in [1.29, 1.82) is 0 Å². The van der Waals surface area contributed by atoms with E-state index in [1.807, 2.05) is 0 Å². The van der Waals surface area contributed by atoms with Crippen LogP contribution in [0.1, 0.15) is 32.1 Å². The summed E-state index contributed by atoms with van der Waals surface area (Å²) >= 11 is -3.43. The zero-order valence-corrected chi connectivity index (χ0v) is 15.1. The van der Waals surface area contributed by atoms with Gasteiger partial charge in [-0.15, -0.1) is 0 Å². The maximum atomic E-state index is 12.0. The summed E-state index contributed by atoms with van der Waals surface area (Å²) < 4.78 is 23.0. The number of ether oxygens (including phenoxy) is 1. The van der Waals surface area contributed by atoms with Crippen molar-refractivity contribution in [2.45, 2.75) is 38.1 Å². The number of carbonyl (C=O) groups excluding carboxylic acids is 1. The van der Waals surface area contributed by atoms with Gasteiger partial charge in [0.25, 0.3) is 0 Å². The molecule has 0 aromatic rings. The monoisotopic (exact) mass is 376 g/mol. The molecule has 3 heterocycles. The van der Waals surface area contributed by atoms with Gasteiger partial charge >= 0.3 is 134 Å². The van der Waals surface area contributed by atoms with E-state index in [4.69, 9.17) is 16.0 Å². The topological polar surface area (TPSA) is 69.3 Å². The van der Waals surface area contributed by atoms with Gasteiger partial charge in [-0.05, 0) is 0 Å². The molecule has 126 valence electrons. The first-order valence-corrected chi connectivity index (χ1v) is 12.4. The van der Waals surface area contributed by atoms with Crippen LogP contribution in [0.2, 0.25) is 0 Å². The Bertz CT molecular complexity index is 352. The summed E-state index contributed by atoms with van der Waals surface area (Å²) in [5, 5.41) is 2.95. The van der Waals surface area contributed by atoms with Crippen LogP contribution in [0.3, 0.4) is 0 Å². The Balaban J connectivity index is 1.48. The number of hydrogen-bond donors (Lipinski definition) is 1. The molecule has 3 aliphatic heterocycles. The minimum absolute atomic E-state index is 0.151. The third-order valence-electron chi connectivity index (χ3n) is 4.50. The van der Waals surface area contributed by atoms with Crippen LogP contribution in [0.5, 0.6) is 0 Å². The number of rotatable bonds is 3. The van der Waals surface area contributed by atoms with E-state index in [-0.39, 0.29) is 17.6 Å². The van der Waals surface area contributed by atoms with Crippen molar-refractivity contribution < 1.29 is 20.8 Å². The molecular weight excluding hydrogens is 349 g/mol. The van der Waals surface area contributed by atoms with Crippen LogP contribution in [-0.2, 0) is 16.0 Å². The molecule has 4 aliphatic rings. The van der Waals surface area contributed by atoms with Crippen molar-refractivity contribution in [2.24, 2.45) is 0 Å². The van der Waals surface area contributed by atoms with Crippen molar-refractivity contribution in [3.8, 4) is 0 Å². The van der Waals surface area contributed by atoms with E-state index in [0.717, 1.165) is 32.5 Å². The number of amides is 1. The van der Waals surface area contributed by atoms with Crippen LogP contribution < -0.4 is 5.32 Å². The van der Waals surface area contributed by atoms with Crippen LogP contribution in [0.15, 0.2) is 0 Å². The molecule has 4 rings (SSSR count). The second kappa shape index (κ2) is 7.96. The third kappa shape index (κ3) is 4.58. The van der Waals surface area contributed by atoms with Gasteiger partial charge in [0.1, 0.15) is 0 Å². The number of fused-ring (bicyclic) bond motifs is 6. The van der Waals surface area contributed by atoms with E-state index in [0.29, 0.717) is 19.8 Å². The van der Waals surface area contributed by atoms with Gasteiger partial charge in [-0.2, -0.15) is 0 Å². The van der Waals surface area contributed by atoms with E-state index < -0.39 is 14.3 Å². The fourth-order valence-electron chi connectivity index (χ4n) is 3.19. The molecule has 0 aromatic carbocycles. The van der Waals surface area contributed by atoms with Crippen LogP contribution >= 0.6 is 0 Å². The quantitative estimate of drug-likeness (QED) is 0.740.